The number of anilines is 1. The van der Waals surface area contributed by atoms with Crippen LogP contribution in [-0.4, -0.2) is 49.9 Å². The first-order valence-electron chi connectivity index (χ1n) is 10.9. The minimum Gasteiger partial charge on any atom is -0.352 e. The van der Waals surface area contributed by atoms with Crippen molar-refractivity contribution in [2.24, 2.45) is 5.92 Å². The molecule has 0 spiro atoms. The van der Waals surface area contributed by atoms with Crippen molar-refractivity contribution in [3.63, 3.8) is 0 Å². The molecule has 3 aromatic rings. The fraction of sp³-hybridized carbons (Fsp3) is 0.348. The molecule has 1 N–H and O–H groups in total. The van der Waals surface area contributed by atoms with Gasteiger partial charge in [-0.15, -0.1) is 0 Å². The van der Waals surface area contributed by atoms with Crippen molar-refractivity contribution >= 4 is 11.9 Å². The number of amides is 1. The first-order chi connectivity index (χ1) is 16.7. The number of benzene rings is 1. The molecule has 0 bridgehead atoms. The number of nitrogens with one attached hydrogen (secondary N) is 1. The van der Waals surface area contributed by atoms with Crippen LogP contribution in [0.4, 0.5) is 27.9 Å². The maximum atomic E-state index is 15.0. The van der Waals surface area contributed by atoms with Gasteiger partial charge in [0.1, 0.15) is 0 Å². The van der Waals surface area contributed by atoms with E-state index in [-0.39, 0.29) is 36.3 Å². The van der Waals surface area contributed by atoms with E-state index in [9.17, 15) is 26.7 Å². The van der Waals surface area contributed by atoms with E-state index in [1.165, 1.54) is 23.4 Å². The highest BCUT2D eigenvalue weighted by molar-refractivity contribution is 6.00. The van der Waals surface area contributed by atoms with E-state index in [1.807, 2.05) is 6.92 Å². The Morgan fingerprint density at radius 2 is 1.80 bits per heavy atom. The summed E-state index contributed by atoms with van der Waals surface area (Å²) < 4.78 is 67.4. The van der Waals surface area contributed by atoms with Crippen molar-refractivity contribution in [2.45, 2.75) is 32.0 Å². The Morgan fingerprint density at radius 1 is 1.11 bits per heavy atom. The summed E-state index contributed by atoms with van der Waals surface area (Å²) in [7, 11) is 0. The second-order valence-corrected chi connectivity index (χ2v) is 8.22. The van der Waals surface area contributed by atoms with Crippen LogP contribution in [0.3, 0.4) is 0 Å². The molecular weight excluding hydrogens is 471 g/mol. The lowest BCUT2D eigenvalue weighted by Gasteiger charge is -2.40. The molecule has 7 nitrogen and oxygen atoms in total. The molecule has 35 heavy (non-hydrogen) atoms. The number of alkyl halides is 3. The first-order valence-corrected chi connectivity index (χ1v) is 10.9. The Labute approximate surface area is 197 Å². The summed E-state index contributed by atoms with van der Waals surface area (Å²) in [5.74, 6) is -3.20. The monoisotopic (exact) mass is 492 g/mol. The average molecular weight is 492 g/mol. The molecule has 1 fully saturated rings. The zero-order valence-electron chi connectivity index (χ0n) is 18.6. The first kappa shape index (κ1) is 24.4. The molecule has 3 heterocycles. The molecule has 0 radical (unpaired) electrons. The largest absolute Gasteiger partial charge is 0.419 e. The second kappa shape index (κ2) is 9.88. The summed E-state index contributed by atoms with van der Waals surface area (Å²) in [4.78, 5) is 30.5. The molecular formula is C23H21F5N6O. The molecule has 4 rings (SSSR count). The van der Waals surface area contributed by atoms with Gasteiger partial charge in [-0.25, -0.2) is 28.7 Å². The molecule has 0 saturated carbocycles. The lowest BCUT2D eigenvalue weighted by atomic mass is 9.89. The SMILES string of the molecule is C[C@@H]1CCCN(C(=O)c2c(-c3ncccn3)ccc(F)c2F)C1CNc1ncc(C(F)(F)F)cn1. The van der Waals surface area contributed by atoms with Crippen LogP contribution >= 0.6 is 0 Å². The number of piperidine rings is 1. The standard InChI is InChI=1S/C23H21F5N6O/c1-13-4-2-9-34(17(13)12-33-22-31-10-14(11-32-22)23(26,27)28)21(35)18-15(5-6-16(24)19(18)25)20-29-7-3-8-30-20/h3,5-8,10-11,13,17H,2,4,9,12H2,1H3,(H,31,32,33)/t13-,17?/m1/s1. The Bertz CT molecular complexity index is 1190. The van der Waals surface area contributed by atoms with Gasteiger partial charge in [0.2, 0.25) is 5.95 Å². The molecule has 1 saturated heterocycles. The lowest BCUT2D eigenvalue weighted by Crippen LogP contribution is -2.51. The van der Waals surface area contributed by atoms with Gasteiger partial charge in [0.05, 0.1) is 17.2 Å². The molecule has 1 unspecified atom stereocenters. The molecule has 0 aliphatic carbocycles. The fourth-order valence-electron chi connectivity index (χ4n) is 4.10. The Hall–Kier alpha value is -3.70. The van der Waals surface area contributed by atoms with E-state index in [1.54, 1.807) is 6.07 Å². The minimum atomic E-state index is -4.56. The van der Waals surface area contributed by atoms with Gasteiger partial charge < -0.3 is 10.2 Å². The van der Waals surface area contributed by atoms with Gasteiger partial charge in [-0.05, 0) is 37.0 Å². The van der Waals surface area contributed by atoms with Crippen LogP contribution in [0.2, 0.25) is 0 Å². The average Bonchev–Trinajstić information content (AvgIpc) is 2.84. The topological polar surface area (TPSA) is 83.9 Å². The summed E-state index contributed by atoms with van der Waals surface area (Å²) in [5.41, 5.74) is -1.39. The number of aromatic nitrogens is 4. The van der Waals surface area contributed by atoms with Crippen molar-refractivity contribution in [1.29, 1.82) is 0 Å². The predicted molar refractivity (Wildman–Crippen MR) is 116 cm³/mol. The van der Waals surface area contributed by atoms with Gasteiger partial charge in [-0.3, -0.25) is 4.79 Å². The van der Waals surface area contributed by atoms with Crippen LogP contribution in [0.15, 0.2) is 43.0 Å². The zero-order chi connectivity index (χ0) is 25.2. The molecule has 2 aromatic heterocycles. The number of hydrogen-bond acceptors (Lipinski definition) is 6. The number of carbonyl (C=O) groups is 1. The summed E-state index contributed by atoms with van der Waals surface area (Å²) in [5, 5.41) is 2.86. The maximum Gasteiger partial charge on any atom is 0.419 e. The summed E-state index contributed by atoms with van der Waals surface area (Å²) in [6.07, 6.45) is 1.04. The lowest BCUT2D eigenvalue weighted by molar-refractivity contribution is -0.138. The van der Waals surface area contributed by atoms with E-state index in [0.717, 1.165) is 12.5 Å². The van der Waals surface area contributed by atoms with Crippen molar-refractivity contribution in [2.75, 3.05) is 18.4 Å². The van der Waals surface area contributed by atoms with E-state index < -0.39 is 40.9 Å². The normalized spacial score (nSPS) is 18.4. The Kier molecular flexibility index (Phi) is 6.90. The molecule has 1 aliphatic rings. The maximum absolute atomic E-state index is 15.0. The third-order valence-corrected chi connectivity index (χ3v) is 5.94. The number of halogens is 5. The third kappa shape index (κ3) is 5.20. The highest BCUT2D eigenvalue weighted by atomic mass is 19.4. The van der Waals surface area contributed by atoms with Crippen LogP contribution in [0, 0.1) is 17.6 Å². The molecule has 184 valence electrons. The Morgan fingerprint density at radius 3 is 2.46 bits per heavy atom. The summed E-state index contributed by atoms with van der Waals surface area (Å²) in [6, 6.07) is 3.26. The minimum absolute atomic E-state index is 0.0392. The van der Waals surface area contributed by atoms with E-state index in [4.69, 9.17) is 0 Å². The number of hydrogen-bond donors (Lipinski definition) is 1. The molecule has 1 aliphatic heterocycles. The van der Waals surface area contributed by atoms with Crippen LogP contribution < -0.4 is 5.32 Å². The van der Waals surface area contributed by atoms with Crippen LogP contribution in [0.25, 0.3) is 11.4 Å². The van der Waals surface area contributed by atoms with E-state index in [0.29, 0.717) is 18.8 Å². The van der Waals surface area contributed by atoms with Crippen LogP contribution in [0.1, 0.15) is 35.7 Å². The van der Waals surface area contributed by atoms with Crippen LogP contribution in [-0.2, 0) is 6.18 Å². The van der Waals surface area contributed by atoms with Gasteiger partial charge in [0.25, 0.3) is 5.91 Å². The quantitative estimate of drug-likeness (QED) is 0.525. The number of carbonyl (C=O) groups excluding carboxylic acids is 1. The van der Waals surface area contributed by atoms with Crippen molar-refractivity contribution in [1.82, 2.24) is 24.8 Å². The molecule has 12 heteroatoms. The van der Waals surface area contributed by atoms with E-state index >= 15 is 0 Å². The molecule has 1 amide bonds. The Balaban J connectivity index is 1.61. The van der Waals surface area contributed by atoms with Gasteiger partial charge in [-0.2, -0.15) is 13.2 Å². The van der Waals surface area contributed by atoms with Gasteiger partial charge in [0.15, 0.2) is 17.5 Å². The number of rotatable bonds is 5. The smallest absolute Gasteiger partial charge is 0.352 e. The van der Waals surface area contributed by atoms with Crippen molar-refractivity contribution < 1.29 is 26.7 Å². The zero-order valence-corrected chi connectivity index (χ0v) is 18.6. The van der Waals surface area contributed by atoms with Gasteiger partial charge in [0, 0.05) is 43.4 Å². The summed E-state index contributed by atoms with van der Waals surface area (Å²) >= 11 is 0. The van der Waals surface area contributed by atoms with Crippen molar-refractivity contribution in [3.8, 4) is 11.4 Å². The number of nitrogens with zero attached hydrogens (tertiary/aromatic N) is 5. The highest BCUT2D eigenvalue weighted by Crippen LogP contribution is 2.31. The van der Waals surface area contributed by atoms with Gasteiger partial charge >= 0.3 is 6.18 Å². The fourth-order valence-corrected chi connectivity index (χ4v) is 4.10. The highest BCUT2D eigenvalue weighted by Gasteiger charge is 2.36. The number of likely N-dealkylation sites (tertiary alicyclic amines) is 1. The van der Waals surface area contributed by atoms with E-state index in [2.05, 4.69) is 25.3 Å². The van der Waals surface area contributed by atoms with Crippen LogP contribution in [0.5, 0.6) is 0 Å². The predicted octanol–water partition coefficient (Wildman–Crippen LogP) is 4.58. The second-order valence-electron chi connectivity index (χ2n) is 8.22. The van der Waals surface area contributed by atoms with Crippen molar-refractivity contribution in [3.05, 3.63) is 65.7 Å². The molecule has 2 atom stereocenters. The summed E-state index contributed by atoms with van der Waals surface area (Å²) in [6.45, 7) is 2.29. The van der Waals surface area contributed by atoms with Gasteiger partial charge in [-0.1, -0.05) is 6.92 Å². The molecule has 1 aromatic carbocycles. The third-order valence-electron chi connectivity index (χ3n) is 5.94.